The number of anilines is 1. The first-order valence-corrected chi connectivity index (χ1v) is 9.30. The lowest BCUT2D eigenvalue weighted by Gasteiger charge is -2.14. The summed E-state index contributed by atoms with van der Waals surface area (Å²) in [6.07, 6.45) is 0.730. The predicted octanol–water partition coefficient (Wildman–Crippen LogP) is 4.89. The number of carbonyl (C=O) groups is 3. The van der Waals surface area contributed by atoms with Gasteiger partial charge in [0.2, 0.25) is 0 Å². The highest BCUT2D eigenvalue weighted by Gasteiger charge is 2.35. The fraction of sp³-hybridized carbons (Fsp3) is 0.250. The van der Waals surface area contributed by atoms with Crippen molar-refractivity contribution in [1.82, 2.24) is 4.90 Å². The molecule has 5 nitrogen and oxygen atoms in total. The van der Waals surface area contributed by atoms with E-state index in [0.29, 0.717) is 33.8 Å². The lowest BCUT2D eigenvalue weighted by Crippen LogP contribution is -2.31. The Morgan fingerprint density at radius 3 is 2.41 bits per heavy atom. The number of rotatable bonds is 5. The molecule has 0 spiro atoms. The molecule has 2 aromatic rings. The Morgan fingerprint density at radius 1 is 1.04 bits per heavy atom. The zero-order valence-corrected chi connectivity index (χ0v) is 16.4. The van der Waals surface area contributed by atoms with Crippen LogP contribution in [0.15, 0.2) is 36.4 Å². The second kappa shape index (κ2) is 7.71. The van der Waals surface area contributed by atoms with E-state index in [0.717, 1.165) is 6.42 Å². The van der Waals surface area contributed by atoms with Crippen molar-refractivity contribution in [3.05, 3.63) is 63.1 Å². The lowest BCUT2D eigenvalue weighted by molar-refractivity contribution is 0.0647. The molecule has 1 heterocycles. The lowest BCUT2D eigenvalue weighted by atomic mass is 10.1. The first-order chi connectivity index (χ1) is 12.8. The van der Waals surface area contributed by atoms with Crippen molar-refractivity contribution in [2.75, 3.05) is 11.9 Å². The molecular formula is C20H18Cl2N2O3. The number of fused-ring (bicyclic) bond motifs is 1. The van der Waals surface area contributed by atoms with Crippen LogP contribution in [0.4, 0.5) is 5.69 Å². The SMILES string of the molecule is CC(C)CCN1C(=O)c2ccc(C(=O)Nc3ccc(Cl)cc3Cl)cc2C1=O. The molecule has 7 heteroatoms. The van der Waals surface area contributed by atoms with Gasteiger partial charge >= 0.3 is 0 Å². The summed E-state index contributed by atoms with van der Waals surface area (Å²) in [5.41, 5.74) is 1.25. The van der Waals surface area contributed by atoms with Crippen LogP contribution in [-0.4, -0.2) is 29.2 Å². The molecule has 0 saturated heterocycles. The minimum absolute atomic E-state index is 0.249. The average molecular weight is 405 g/mol. The van der Waals surface area contributed by atoms with E-state index in [1.165, 1.54) is 29.2 Å². The number of hydrogen-bond donors (Lipinski definition) is 1. The second-order valence-electron chi connectivity index (χ2n) is 6.78. The maximum atomic E-state index is 12.6. The van der Waals surface area contributed by atoms with Crippen LogP contribution in [-0.2, 0) is 0 Å². The molecule has 0 fully saturated rings. The van der Waals surface area contributed by atoms with Gasteiger partial charge in [-0.05, 0) is 48.7 Å². The fourth-order valence-corrected chi connectivity index (χ4v) is 3.26. The summed E-state index contributed by atoms with van der Waals surface area (Å²) < 4.78 is 0. The second-order valence-corrected chi connectivity index (χ2v) is 7.63. The van der Waals surface area contributed by atoms with Gasteiger partial charge in [-0.3, -0.25) is 19.3 Å². The van der Waals surface area contributed by atoms with Crippen molar-refractivity contribution in [2.24, 2.45) is 5.92 Å². The van der Waals surface area contributed by atoms with E-state index in [-0.39, 0.29) is 22.9 Å². The van der Waals surface area contributed by atoms with Crippen molar-refractivity contribution >= 4 is 46.6 Å². The number of imide groups is 1. The van der Waals surface area contributed by atoms with E-state index in [1.54, 1.807) is 12.1 Å². The van der Waals surface area contributed by atoms with Gasteiger partial charge in [0.1, 0.15) is 0 Å². The molecule has 0 unspecified atom stereocenters. The van der Waals surface area contributed by atoms with Crippen molar-refractivity contribution in [1.29, 1.82) is 0 Å². The monoisotopic (exact) mass is 404 g/mol. The largest absolute Gasteiger partial charge is 0.321 e. The summed E-state index contributed by atoms with van der Waals surface area (Å²) in [5, 5.41) is 3.45. The molecule has 2 aromatic carbocycles. The van der Waals surface area contributed by atoms with Gasteiger partial charge in [-0.25, -0.2) is 0 Å². The van der Waals surface area contributed by atoms with Crippen LogP contribution in [0.25, 0.3) is 0 Å². The van der Waals surface area contributed by atoms with Crippen LogP contribution in [0.5, 0.6) is 0 Å². The van der Waals surface area contributed by atoms with Gasteiger partial charge in [0.05, 0.1) is 21.8 Å². The number of amides is 3. The topological polar surface area (TPSA) is 66.5 Å². The van der Waals surface area contributed by atoms with Gasteiger partial charge in [0, 0.05) is 17.1 Å². The van der Waals surface area contributed by atoms with E-state index in [1.807, 2.05) is 13.8 Å². The van der Waals surface area contributed by atoms with Crippen LogP contribution >= 0.6 is 23.2 Å². The summed E-state index contributed by atoms with van der Waals surface area (Å²) in [5.74, 6) is -0.735. The normalized spacial score (nSPS) is 13.3. The van der Waals surface area contributed by atoms with Crippen molar-refractivity contribution < 1.29 is 14.4 Å². The maximum Gasteiger partial charge on any atom is 0.261 e. The molecule has 1 aliphatic rings. The van der Waals surface area contributed by atoms with Crippen molar-refractivity contribution in [3.8, 4) is 0 Å². The van der Waals surface area contributed by atoms with Crippen LogP contribution in [0.2, 0.25) is 10.0 Å². The molecule has 0 aliphatic carbocycles. The quantitative estimate of drug-likeness (QED) is 0.721. The number of nitrogens with one attached hydrogen (secondary N) is 1. The van der Waals surface area contributed by atoms with Crippen LogP contribution in [0.3, 0.4) is 0 Å². The zero-order valence-electron chi connectivity index (χ0n) is 14.9. The molecule has 1 aliphatic heterocycles. The van der Waals surface area contributed by atoms with E-state index >= 15 is 0 Å². The summed E-state index contributed by atoms with van der Waals surface area (Å²) in [4.78, 5) is 38.8. The van der Waals surface area contributed by atoms with Crippen LogP contribution in [0, 0.1) is 5.92 Å². The molecule has 0 atom stereocenters. The Bertz CT molecular complexity index is 941. The summed E-state index contributed by atoms with van der Waals surface area (Å²) >= 11 is 11.9. The highest BCUT2D eigenvalue weighted by atomic mass is 35.5. The van der Waals surface area contributed by atoms with Crippen LogP contribution in [0.1, 0.15) is 51.3 Å². The smallest absolute Gasteiger partial charge is 0.261 e. The zero-order chi connectivity index (χ0) is 19.7. The Kier molecular flexibility index (Phi) is 5.53. The van der Waals surface area contributed by atoms with Crippen molar-refractivity contribution in [2.45, 2.75) is 20.3 Å². The van der Waals surface area contributed by atoms with Crippen LogP contribution < -0.4 is 5.32 Å². The highest BCUT2D eigenvalue weighted by Crippen LogP contribution is 2.28. The van der Waals surface area contributed by atoms with Gasteiger partial charge < -0.3 is 5.32 Å². The first-order valence-electron chi connectivity index (χ1n) is 8.54. The Morgan fingerprint density at radius 2 is 1.74 bits per heavy atom. The number of hydrogen-bond acceptors (Lipinski definition) is 3. The van der Waals surface area contributed by atoms with Crippen molar-refractivity contribution in [3.63, 3.8) is 0 Å². The average Bonchev–Trinajstić information content (AvgIpc) is 2.85. The number of nitrogens with zero attached hydrogens (tertiary/aromatic N) is 1. The molecule has 0 saturated carbocycles. The minimum Gasteiger partial charge on any atom is -0.321 e. The summed E-state index contributed by atoms with van der Waals surface area (Å²) in [6.45, 7) is 4.43. The maximum absolute atomic E-state index is 12.6. The number of carbonyl (C=O) groups excluding carboxylic acids is 3. The summed E-state index contributed by atoms with van der Waals surface area (Å²) in [6, 6.07) is 9.22. The third-order valence-corrected chi connectivity index (χ3v) is 4.89. The molecule has 0 bridgehead atoms. The molecule has 27 heavy (non-hydrogen) atoms. The third kappa shape index (κ3) is 3.99. The van der Waals surface area contributed by atoms with Gasteiger partial charge in [-0.2, -0.15) is 0 Å². The first kappa shape index (κ1) is 19.4. The fourth-order valence-electron chi connectivity index (χ4n) is 2.81. The molecule has 140 valence electrons. The molecule has 3 amide bonds. The van der Waals surface area contributed by atoms with Gasteiger partial charge in [0.25, 0.3) is 17.7 Å². The van der Waals surface area contributed by atoms with E-state index < -0.39 is 5.91 Å². The van der Waals surface area contributed by atoms with Gasteiger partial charge in [-0.1, -0.05) is 37.0 Å². The molecule has 0 aromatic heterocycles. The van der Waals surface area contributed by atoms with Gasteiger partial charge in [-0.15, -0.1) is 0 Å². The molecular weight excluding hydrogens is 387 g/mol. The standard InChI is InChI=1S/C20H18Cl2N2O3/c1-11(2)7-8-24-19(26)14-5-3-12(9-15(14)20(24)27)18(25)23-17-6-4-13(21)10-16(17)22/h3-6,9-11H,7-8H2,1-2H3,(H,23,25). The molecule has 0 radical (unpaired) electrons. The number of benzene rings is 2. The molecule has 1 N–H and O–H groups in total. The Labute approximate surface area is 167 Å². The summed E-state index contributed by atoms with van der Waals surface area (Å²) in [7, 11) is 0. The minimum atomic E-state index is -0.428. The Hall–Kier alpha value is -2.37. The van der Waals surface area contributed by atoms with Gasteiger partial charge in [0.15, 0.2) is 0 Å². The molecule has 3 rings (SSSR count). The third-order valence-electron chi connectivity index (χ3n) is 4.34. The number of halogens is 2. The Balaban J connectivity index is 1.82. The van der Waals surface area contributed by atoms with E-state index in [4.69, 9.17) is 23.2 Å². The predicted molar refractivity (Wildman–Crippen MR) is 106 cm³/mol. The van der Waals surface area contributed by atoms with E-state index in [9.17, 15) is 14.4 Å². The van der Waals surface area contributed by atoms with E-state index in [2.05, 4.69) is 5.32 Å². The highest BCUT2D eigenvalue weighted by molar-refractivity contribution is 6.36.